The van der Waals surface area contributed by atoms with Crippen LogP contribution < -0.4 is 0 Å². The van der Waals surface area contributed by atoms with Gasteiger partial charge in [0.15, 0.2) is 0 Å². The minimum Gasteiger partial charge on any atom is -0.309 e. The zero-order valence-electron chi connectivity index (χ0n) is 10.0. The van der Waals surface area contributed by atoms with Crippen LogP contribution in [0.2, 0.25) is 0 Å². The molecule has 2 nitrogen and oxygen atoms in total. The Hall–Kier alpha value is -0.630. The molecule has 0 spiro atoms. The molecule has 1 unspecified atom stereocenters. The minimum atomic E-state index is 0.668. The molecule has 0 fully saturated rings. The molecule has 0 heterocycles. The number of aliphatic imine (C=N–C) groups is 1. The van der Waals surface area contributed by atoms with Crippen molar-refractivity contribution in [1.82, 2.24) is 4.90 Å². The predicted molar refractivity (Wildman–Crippen MR) is 65.1 cm³/mol. The van der Waals surface area contributed by atoms with Crippen molar-refractivity contribution >= 4 is 6.21 Å². The van der Waals surface area contributed by atoms with Crippen LogP contribution in [0.1, 0.15) is 26.7 Å². The van der Waals surface area contributed by atoms with Gasteiger partial charge in [0.05, 0.1) is 6.54 Å². The topological polar surface area (TPSA) is 15.6 Å². The van der Waals surface area contributed by atoms with Crippen molar-refractivity contribution in [3.05, 3.63) is 12.2 Å². The average Bonchev–Trinajstić information content (AvgIpc) is 2.15. The first-order valence-electron chi connectivity index (χ1n) is 5.50. The molecule has 0 amide bonds. The minimum absolute atomic E-state index is 0.668. The van der Waals surface area contributed by atoms with Gasteiger partial charge in [-0.15, -0.1) is 0 Å². The van der Waals surface area contributed by atoms with E-state index in [1.807, 2.05) is 6.21 Å². The standard InChI is InChI=1S/C12H24N2/c1-5-9-13-10-7-8-12(6-2)11-14(3)4/h7-9,12H,5-6,10-11H2,1-4H3/b8-7+,13-9?. The molecule has 14 heavy (non-hydrogen) atoms. The van der Waals surface area contributed by atoms with Gasteiger partial charge in [0.25, 0.3) is 0 Å². The molecule has 0 bridgehead atoms. The Balaban J connectivity index is 3.74. The third-order valence-corrected chi connectivity index (χ3v) is 2.05. The average molecular weight is 196 g/mol. The number of rotatable bonds is 7. The van der Waals surface area contributed by atoms with Crippen LogP contribution >= 0.6 is 0 Å². The summed E-state index contributed by atoms with van der Waals surface area (Å²) in [5, 5.41) is 0. The lowest BCUT2D eigenvalue weighted by molar-refractivity contribution is 0.354. The number of hydrogen-bond donors (Lipinski definition) is 0. The normalized spacial score (nSPS) is 14.6. The molecule has 0 aromatic heterocycles. The summed E-state index contributed by atoms with van der Waals surface area (Å²) >= 11 is 0. The summed E-state index contributed by atoms with van der Waals surface area (Å²) in [6.45, 7) is 6.30. The Labute approximate surface area is 88.7 Å². The first-order valence-corrected chi connectivity index (χ1v) is 5.50. The van der Waals surface area contributed by atoms with E-state index in [1.165, 1.54) is 6.42 Å². The van der Waals surface area contributed by atoms with E-state index in [9.17, 15) is 0 Å². The molecule has 0 saturated carbocycles. The third kappa shape index (κ3) is 7.99. The fourth-order valence-corrected chi connectivity index (χ4v) is 1.31. The van der Waals surface area contributed by atoms with Crippen LogP contribution in [0.3, 0.4) is 0 Å². The Bertz CT molecular complexity index is 171. The van der Waals surface area contributed by atoms with Crippen molar-refractivity contribution in [1.29, 1.82) is 0 Å². The van der Waals surface area contributed by atoms with Crippen molar-refractivity contribution in [2.24, 2.45) is 10.9 Å². The summed E-state index contributed by atoms with van der Waals surface area (Å²) in [7, 11) is 4.23. The summed E-state index contributed by atoms with van der Waals surface area (Å²) in [6.07, 6.45) is 8.66. The lowest BCUT2D eigenvalue weighted by Crippen LogP contribution is -2.19. The highest BCUT2D eigenvalue weighted by Crippen LogP contribution is 2.05. The zero-order chi connectivity index (χ0) is 10.8. The van der Waals surface area contributed by atoms with Crippen LogP contribution in [0, 0.1) is 5.92 Å². The molecule has 82 valence electrons. The Morgan fingerprint density at radius 2 is 2.00 bits per heavy atom. The van der Waals surface area contributed by atoms with Crippen molar-refractivity contribution < 1.29 is 0 Å². The van der Waals surface area contributed by atoms with Gasteiger partial charge in [-0.2, -0.15) is 0 Å². The van der Waals surface area contributed by atoms with E-state index in [1.54, 1.807) is 0 Å². The molecule has 0 aliphatic heterocycles. The van der Waals surface area contributed by atoms with E-state index in [-0.39, 0.29) is 0 Å². The molecule has 0 aliphatic rings. The van der Waals surface area contributed by atoms with Crippen LogP contribution in [0.25, 0.3) is 0 Å². The second-order valence-electron chi connectivity index (χ2n) is 3.81. The first kappa shape index (κ1) is 13.4. The SMILES string of the molecule is CCC=NC/C=C/C(CC)CN(C)C. The third-order valence-electron chi connectivity index (χ3n) is 2.05. The van der Waals surface area contributed by atoms with Gasteiger partial charge < -0.3 is 4.90 Å². The quantitative estimate of drug-likeness (QED) is 0.451. The van der Waals surface area contributed by atoms with Crippen LogP contribution in [0.15, 0.2) is 17.1 Å². The van der Waals surface area contributed by atoms with Gasteiger partial charge in [-0.3, -0.25) is 4.99 Å². The van der Waals surface area contributed by atoms with E-state index < -0.39 is 0 Å². The first-order chi connectivity index (χ1) is 6.70. The summed E-state index contributed by atoms with van der Waals surface area (Å²) in [6, 6.07) is 0. The molecule has 0 aromatic rings. The Morgan fingerprint density at radius 1 is 1.29 bits per heavy atom. The maximum atomic E-state index is 4.25. The molecule has 1 atom stereocenters. The molecule has 2 heteroatoms. The molecule has 0 aromatic carbocycles. The van der Waals surface area contributed by atoms with Gasteiger partial charge in [-0.05, 0) is 39.1 Å². The van der Waals surface area contributed by atoms with E-state index in [0.29, 0.717) is 5.92 Å². The van der Waals surface area contributed by atoms with Crippen molar-refractivity contribution in [3.63, 3.8) is 0 Å². The molecule has 0 radical (unpaired) electrons. The molecule has 0 aliphatic carbocycles. The zero-order valence-corrected chi connectivity index (χ0v) is 10.0. The molecule has 0 saturated heterocycles. The molecule has 0 N–H and O–H groups in total. The lowest BCUT2D eigenvalue weighted by Gasteiger charge is -2.15. The molecular weight excluding hydrogens is 172 g/mol. The monoisotopic (exact) mass is 196 g/mol. The molecule has 0 rings (SSSR count). The van der Waals surface area contributed by atoms with Gasteiger partial charge in [0.1, 0.15) is 0 Å². The summed E-state index contributed by atoms with van der Waals surface area (Å²) < 4.78 is 0. The number of hydrogen-bond acceptors (Lipinski definition) is 2. The van der Waals surface area contributed by atoms with Gasteiger partial charge in [-0.25, -0.2) is 0 Å². The number of nitrogens with zero attached hydrogens (tertiary/aromatic N) is 2. The second-order valence-corrected chi connectivity index (χ2v) is 3.81. The van der Waals surface area contributed by atoms with Crippen LogP contribution in [0.4, 0.5) is 0 Å². The summed E-state index contributed by atoms with van der Waals surface area (Å²) in [4.78, 5) is 6.48. The van der Waals surface area contributed by atoms with Crippen LogP contribution in [-0.4, -0.2) is 38.3 Å². The maximum absolute atomic E-state index is 4.25. The highest BCUT2D eigenvalue weighted by molar-refractivity contribution is 5.56. The predicted octanol–water partition coefficient (Wildman–Crippen LogP) is 2.61. The smallest absolute Gasteiger partial charge is 0.0566 e. The lowest BCUT2D eigenvalue weighted by atomic mass is 10.1. The Kier molecular flexibility index (Phi) is 8.54. The molecular formula is C12H24N2. The van der Waals surface area contributed by atoms with E-state index in [0.717, 1.165) is 19.5 Å². The van der Waals surface area contributed by atoms with E-state index in [2.05, 4.69) is 50.0 Å². The highest BCUT2D eigenvalue weighted by atomic mass is 15.1. The Morgan fingerprint density at radius 3 is 2.50 bits per heavy atom. The van der Waals surface area contributed by atoms with E-state index in [4.69, 9.17) is 0 Å². The van der Waals surface area contributed by atoms with Crippen molar-refractivity contribution in [3.8, 4) is 0 Å². The van der Waals surface area contributed by atoms with Crippen LogP contribution in [0.5, 0.6) is 0 Å². The fourth-order valence-electron chi connectivity index (χ4n) is 1.31. The summed E-state index contributed by atoms with van der Waals surface area (Å²) in [5.41, 5.74) is 0. The fraction of sp³-hybridized carbons (Fsp3) is 0.750. The maximum Gasteiger partial charge on any atom is 0.0566 e. The van der Waals surface area contributed by atoms with Gasteiger partial charge in [0.2, 0.25) is 0 Å². The summed E-state index contributed by atoms with van der Waals surface area (Å²) in [5.74, 6) is 0.668. The van der Waals surface area contributed by atoms with E-state index >= 15 is 0 Å². The second kappa shape index (κ2) is 8.95. The highest BCUT2D eigenvalue weighted by Gasteiger charge is 2.01. The van der Waals surface area contributed by atoms with Crippen LogP contribution in [-0.2, 0) is 0 Å². The van der Waals surface area contributed by atoms with Gasteiger partial charge in [0, 0.05) is 6.54 Å². The van der Waals surface area contributed by atoms with Gasteiger partial charge >= 0.3 is 0 Å². The largest absolute Gasteiger partial charge is 0.309 e. The van der Waals surface area contributed by atoms with Crippen molar-refractivity contribution in [2.75, 3.05) is 27.2 Å². The van der Waals surface area contributed by atoms with Gasteiger partial charge in [-0.1, -0.05) is 26.0 Å². The van der Waals surface area contributed by atoms with Crippen molar-refractivity contribution in [2.45, 2.75) is 26.7 Å².